The molecule has 1 amide bonds. The third-order valence-electron chi connectivity index (χ3n) is 5.44. The van der Waals surface area contributed by atoms with Crippen LogP contribution in [-0.2, 0) is 4.74 Å². The summed E-state index contributed by atoms with van der Waals surface area (Å²) in [5, 5.41) is 2.76. The predicted octanol–water partition coefficient (Wildman–Crippen LogP) is 6.08. The highest BCUT2D eigenvalue weighted by atomic mass is 19.1. The van der Waals surface area contributed by atoms with E-state index in [1.807, 2.05) is 36.4 Å². The van der Waals surface area contributed by atoms with E-state index in [2.05, 4.69) is 29.6 Å². The van der Waals surface area contributed by atoms with Crippen molar-refractivity contribution in [3.8, 4) is 11.1 Å². The Morgan fingerprint density at radius 3 is 2.37 bits per heavy atom. The summed E-state index contributed by atoms with van der Waals surface area (Å²) in [6.07, 6.45) is 3.74. The maximum Gasteiger partial charge on any atom is 0.407 e. The first-order valence-electron chi connectivity index (χ1n) is 10.2. The number of fused-ring (bicyclic) bond motifs is 3. The number of amides is 1. The minimum absolute atomic E-state index is 0.0485. The van der Waals surface area contributed by atoms with Gasteiger partial charge in [-0.2, -0.15) is 0 Å². The summed E-state index contributed by atoms with van der Waals surface area (Å²) in [6, 6.07) is 21.8. The fraction of sp³-hybridized carbons (Fsp3) is 0.192. The number of benzene rings is 3. The van der Waals surface area contributed by atoms with Crippen LogP contribution >= 0.6 is 0 Å². The van der Waals surface area contributed by atoms with Gasteiger partial charge in [-0.1, -0.05) is 78.9 Å². The standard InChI is InChI=1S/C26H24FNO2/c1-18-9-8-11-19(25(18)27)10-6-7-16-28-26(29)30-17-24-22-14-4-2-12-20(22)21-13-3-5-15-23(21)24/h2-6,8-15,24H,7,16-17H2,1H3,(H,28,29). The van der Waals surface area contributed by atoms with Crippen LogP contribution in [0.5, 0.6) is 0 Å². The molecular formula is C26H24FNO2. The van der Waals surface area contributed by atoms with Gasteiger partial charge in [0, 0.05) is 18.0 Å². The van der Waals surface area contributed by atoms with Crippen LogP contribution in [0.4, 0.5) is 9.18 Å². The van der Waals surface area contributed by atoms with E-state index in [-0.39, 0.29) is 11.7 Å². The summed E-state index contributed by atoms with van der Waals surface area (Å²) in [6.45, 7) is 2.47. The van der Waals surface area contributed by atoms with Gasteiger partial charge in [0.25, 0.3) is 0 Å². The maximum absolute atomic E-state index is 14.0. The van der Waals surface area contributed by atoms with E-state index < -0.39 is 6.09 Å². The van der Waals surface area contributed by atoms with Gasteiger partial charge in [-0.3, -0.25) is 0 Å². The molecule has 30 heavy (non-hydrogen) atoms. The lowest BCUT2D eigenvalue weighted by atomic mass is 9.98. The number of carbonyl (C=O) groups excluding carboxylic acids is 1. The normalized spacial score (nSPS) is 12.6. The van der Waals surface area contributed by atoms with Gasteiger partial charge >= 0.3 is 6.09 Å². The van der Waals surface area contributed by atoms with Crippen LogP contribution < -0.4 is 5.32 Å². The summed E-state index contributed by atoms with van der Waals surface area (Å²) in [5.74, 6) is -0.161. The molecule has 3 nitrogen and oxygen atoms in total. The zero-order valence-electron chi connectivity index (χ0n) is 16.9. The number of aryl methyl sites for hydroxylation is 1. The SMILES string of the molecule is Cc1cccc(C=CCCNC(=O)OCC2c3ccccc3-c3ccccc32)c1F. The Kier molecular flexibility index (Phi) is 5.94. The highest BCUT2D eigenvalue weighted by molar-refractivity contribution is 5.79. The smallest absolute Gasteiger partial charge is 0.407 e. The molecule has 0 aliphatic heterocycles. The lowest BCUT2D eigenvalue weighted by Crippen LogP contribution is -2.26. The molecule has 4 heteroatoms. The van der Waals surface area contributed by atoms with E-state index in [0.29, 0.717) is 30.7 Å². The molecule has 0 bridgehead atoms. The summed E-state index contributed by atoms with van der Waals surface area (Å²) >= 11 is 0. The van der Waals surface area contributed by atoms with Crippen LogP contribution in [0.3, 0.4) is 0 Å². The van der Waals surface area contributed by atoms with E-state index in [4.69, 9.17) is 4.74 Å². The zero-order valence-corrected chi connectivity index (χ0v) is 16.9. The van der Waals surface area contributed by atoms with E-state index in [0.717, 1.165) is 0 Å². The van der Waals surface area contributed by atoms with Gasteiger partial charge < -0.3 is 10.1 Å². The molecule has 0 aromatic heterocycles. The molecule has 0 saturated heterocycles. The fourth-order valence-electron chi connectivity index (χ4n) is 3.92. The minimum Gasteiger partial charge on any atom is -0.449 e. The first-order chi connectivity index (χ1) is 14.6. The summed E-state index contributed by atoms with van der Waals surface area (Å²) in [5.41, 5.74) is 5.96. The molecule has 0 radical (unpaired) electrons. The molecule has 1 aliphatic carbocycles. The molecule has 3 aromatic rings. The van der Waals surface area contributed by atoms with Gasteiger partial charge in [0.2, 0.25) is 0 Å². The fourth-order valence-corrected chi connectivity index (χ4v) is 3.92. The average Bonchev–Trinajstić information content (AvgIpc) is 3.09. The Bertz CT molecular complexity index is 1040. The number of carbonyl (C=O) groups is 1. The first-order valence-corrected chi connectivity index (χ1v) is 10.2. The number of hydrogen-bond acceptors (Lipinski definition) is 2. The number of rotatable bonds is 6. The van der Waals surface area contributed by atoms with Gasteiger partial charge in [0.1, 0.15) is 12.4 Å². The van der Waals surface area contributed by atoms with Gasteiger partial charge in [0.05, 0.1) is 0 Å². The van der Waals surface area contributed by atoms with E-state index >= 15 is 0 Å². The molecule has 0 heterocycles. The highest BCUT2D eigenvalue weighted by Crippen LogP contribution is 2.44. The van der Waals surface area contributed by atoms with Crippen molar-refractivity contribution in [2.24, 2.45) is 0 Å². The van der Waals surface area contributed by atoms with Crippen LogP contribution in [0.25, 0.3) is 17.2 Å². The number of halogens is 1. The third-order valence-corrected chi connectivity index (χ3v) is 5.44. The van der Waals surface area contributed by atoms with E-state index in [1.165, 1.54) is 22.3 Å². The Balaban J connectivity index is 1.28. The van der Waals surface area contributed by atoms with Crippen molar-refractivity contribution in [1.29, 1.82) is 0 Å². The maximum atomic E-state index is 14.0. The van der Waals surface area contributed by atoms with Crippen molar-refractivity contribution in [3.05, 3.63) is 101 Å². The Morgan fingerprint density at radius 2 is 1.67 bits per heavy atom. The quantitative estimate of drug-likeness (QED) is 0.509. The van der Waals surface area contributed by atoms with Crippen LogP contribution in [0.1, 0.15) is 34.6 Å². The van der Waals surface area contributed by atoms with Crippen molar-refractivity contribution in [3.63, 3.8) is 0 Å². The van der Waals surface area contributed by atoms with Crippen LogP contribution in [-0.4, -0.2) is 19.2 Å². The molecule has 3 aromatic carbocycles. The lowest BCUT2D eigenvalue weighted by molar-refractivity contribution is 0.143. The molecule has 4 rings (SSSR count). The molecule has 0 spiro atoms. The Labute approximate surface area is 176 Å². The number of hydrogen-bond donors (Lipinski definition) is 1. The number of nitrogens with one attached hydrogen (secondary N) is 1. The Hall–Kier alpha value is -3.40. The monoisotopic (exact) mass is 401 g/mol. The lowest BCUT2D eigenvalue weighted by Gasteiger charge is -2.14. The highest BCUT2D eigenvalue weighted by Gasteiger charge is 2.28. The summed E-state index contributed by atoms with van der Waals surface area (Å²) in [7, 11) is 0. The number of alkyl carbamates (subject to hydrolysis) is 1. The molecule has 152 valence electrons. The largest absolute Gasteiger partial charge is 0.449 e. The van der Waals surface area contributed by atoms with Crippen molar-refractivity contribution in [2.75, 3.05) is 13.2 Å². The van der Waals surface area contributed by atoms with Crippen molar-refractivity contribution in [1.82, 2.24) is 5.32 Å². The summed E-state index contributed by atoms with van der Waals surface area (Å²) in [4.78, 5) is 12.1. The molecule has 0 unspecified atom stereocenters. The van der Waals surface area contributed by atoms with Gasteiger partial charge in [0.15, 0.2) is 0 Å². The molecule has 0 fully saturated rings. The van der Waals surface area contributed by atoms with Crippen LogP contribution in [0.2, 0.25) is 0 Å². The molecular weight excluding hydrogens is 377 g/mol. The molecule has 0 atom stereocenters. The second kappa shape index (κ2) is 8.95. The molecule has 1 aliphatic rings. The molecule has 1 N–H and O–H groups in total. The third kappa shape index (κ3) is 4.13. The predicted molar refractivity (Wildman–Crippen MR) is 118 cm³/mol. The molecule has 0 saturated carbocycles. The van der Waals surface area contributed by atoms with E-state index in [1.54, 1.807) is 25.1 Å². The van der Waals surface area contributed by atoms with Gasteiger partial charge in [-0.15, -0.1) is 0 Å². The van der Waals surface area contributed by atoms with Gasteiger partial charge in [-0.05, 0) is 41.2 Å². The zero-order chi connectivity index (χ0) is 20.9. The van der Waals surface area contributed by atoms with Crippen LogP contribution in [0.15, 0.2) is 72.8 Å². The topological polar surface area (TPSA) is 38.3 Å². The van der Waals surface area contributed by atoms with Crippen molar-refractivity contribution in [2.45, 2.75) is 19.3 Å². The van der Waals surface area contributed by atoms with Crippen molar-refractivity contribution >= 4 is 12.2 Å². The average molecular weight is 401 g/mol. The number of ether oxygens (including phenoxy) is 1. The second-order valence-corrected chi connectivity index (χ2v) is 7.42. The second-order valence-electron chi connectivity index (χ2n) is 7.42. The van der Waals surface area contributed by atoms with Crippen LogP contribution in [0, 0.1) is 12.7 Å². The summed E-state index contributed by atoms with van der Waals surface area (Å²) < 4.78 is 19.5. The van der Waals surface area contributed by atoms with Crippen molar-refractivity contribution < 1.29 is 13.9 Å². The van der Waals surface area contributed by atoms with E-state index in [9.17, 15) is 9.18 Å². The van der Waals surface area contributed by atoms with Gasteiger partial charge in [-0.25, -0.2) is 9.18 Å². The Morgan fingerprint density at radius 1 is 1.00 bits per heavy atom. The minimum atomic E-state index is -0.438. The first kappa shape index (κ1) is 19.9.